The van der Waals surface area contributed by atoms with Crippen molar-refractivity contribution in [2.75, 3.05) is 13.2 Å². The summed E-state index contributed by atoms with van der Waals surface area (Å²) >= 11 is 0. The van der Waals surface area contributed by atoms with E-state index >= 15 is 0 Å². The second kappa shape index (κ2) is 18.1. The van der Waals surface area contributed by atoms with Crippen molar-refractivity contribution in [1.82, 2.24) is 0 Å². The molecule has 4 aromatic rings. The lowest BCUT2D eigenvalue weighted by Crippen LogP contribution is -2.63. The first-order valence-corrected chi connectivity index (χ1v) is 19.9. The third-order valence-electron chi connectivity index (χ3n) is 10.6. The summed E-state index contributed by atoms with van der Waals surface area (Å²) in [5.74, 6) is -1.68. The molecule has 4 saturated heterocycles. The molecule has 0 aliphatic carbocycles. The van der Waals surface area contributed by atoms with Crippen molar-refractivity contribution in [3.63, 3.8) is 0 Å². The number of benzene rings is 4. The van der Waals surface area contributed by atoms with Gasteiger partial charge < -0.3 is 52.1 Å². The molecule has 57 heavy (non-hydrogen) atoms. The van der Waals surface area contributed by atoms with Crippen molar-refractivity contribution in [1.29, 1.82) is 0 Å². The molecule has 0 radical (unpaired) electrons. The van der Waals surface area contributed by atoms with Gasteiger partial charge in [0.15, 0.2) is 24.2 Å². The molecule has 11 heteroatoms. The van der Waals surface area contributed by atoms with Crippen molar-refractivity contribution in [3.8, 4) is 0 Å². The topological polar surface area (TPSA) is 102 Å². The highest BCUT2D eigenvalue weighted by molar-refractivity contribution is 5.16. The summed E-state index contributed by atoms with van der Waals surface area (Å²) in [6.07, 6.45) is -6.67. The van der Waals surface area contributed by atoms with Gasteiger partial charge in [-0.15, -0.1) is 0 Å². The lowest BCUT2D eigenvalue weighted by atomic mass is 9.97. The third-order valence-corrected chi connectivity index (χ3v) is 10.6. The van der Waals surface area contributed by atoms with Crippen molar-refractivity contribution < 1.29 is 52.1 Å². The Kier molecular flexibility index (Phi) is 12.8. The first kappa shape index (κ1) is 40.2. The summed E-state index contributed by atoms with van der Waals surface area (Å²) in [6.45, 7) is 9.30. The average molecular weight is 783 g/mol. The molecular formula is C46H54O11. The highest BCUT2D eigenvalue weighted by Crippen LogP contribution is 2.44. The van der Waals surface area contributed by atoms with E-state index in [4.69, 9.17) is 52.1 Å². The molecule has 0 N–H and O–H groups in total. The minimum absolute atomic E-state index is 0.196. The number of rotatable bonds is 16. The third kappa shape index (κ3) is 10.2. The summed E-state index contributed by atoms with van der Waals surface area (Å²) < 4.78 is 72.8. The van der Waals surface area contributed by atoms with E-state index in [9.17, 15) is 0 Å². The van der Waals surface area contributed by atoms with Crippen LogP contribution < -0.4 is 0 Å². The van der Waals surface area contributed by atoms with E-state index in [2.05, 4.69) is 0 Å². The van der Waals surface area contributed by atoms with Crippen LogP contribution in [0.4, 0.5) is 0 Å². The van der Waals surface area contributed by atoms with E-state index in [1.54, 1.807) is 0 Å². The molecule has 304 valence electrons. The molecule has 0 saturated carbocycles. The number of hydrogen-bond donors (Lipinski definition) is 0. The van der Waals surface area contributed by atoms with Crippen LogP contribution in [0, 0.1) is 0 Å². The van der Waals surface area contributed by atoms with Gasteiger partial charge in [0, 0.05) is 0 Å². The standard InChI is InChI=1S/C46H54O11/c1-45(2)51-30-36(55-45)38-40(42-44(53-38)57-46(3,4)56-42)54-43-41(50-28-34-23-15-8-16-24-34)39(49-27-33-21-13-7-14-22-33)37(48-26-32-19-11-6-12-20-32)35(52-43)29-47-25-31-17-9-5-10-18-31/h5-24,35-44H,25-30H2,1-4H3/t35-,36-,37-,38-,39+,40+,41-,42-,43+,44-/m1/s1. The fourth-order valence-electron chi connectivity index (χ4n) is 7.85. The Labute approximate surface area is 335 Å². The van der Waals surface area contributed by atoms with Gasteiger partial charge in [-0.1, -0.05) is 121 Å². The summed E-state index contributed by atoms with van der Waals surface area (Å²) in [5, 5.41) is 0. The molecule has 4 aliphatic rings. The van der Waals surface area contributed by atoms with E-state index in [1.807, 2.05) is 149 Å². The Morgan fingerprint density at radius 1 is 0.509 bits per heavy atom. The Hall–Kier alpha value is -3.56. The Balaban J connectivity index is 1.14. The van der Waals surface area contributed by atoms with Gasteiger partial charge >= 0.3 is 0 Å². The van der Waals surface area contributed by atoms with Crippen LogP contribution in [0.2, 0.25) is 0 Å². The number of hydrogen-bond acceptors (Lipinski definition) is 11. The zero-order valence-electron chi connectivity index (χ0n) is 33.1. The second-order valence-electron chi connectivity index (χ2n) is 15.9. The van der Waals surface area contributed by atoms with E-state index in [0.717, 1.165) is 22.3 Å². The van der Waals surface area contributed by atoms with E-state index < -0.39 is 73.0 Å². The molecule has 4 fully saturated rings. The van der Waals surface area contributed by atoms with Crippen LogP contribution in [-0.4, -0.2) is 86.2 Å². The predicted octanol–water partition coefficient (Wildman–Crippen LogP) is 7.10. The van der Waals surface area contributed by atoms with Crippen LogP contribution in [0.3, 0.4) is 0 Å². The van der Waals surface area contributed by atoms with Gasteiger partial charge in [-0.05, 0) is 49.9 Å². The molecule has 0 unspecified atom stereocenters. The quantitative estimate of drug-likeness (QED) is 0.116. The van der Waals surface area contributed by atoms with Crippen molar-refractivity contribution in [3.05, 3.63) is 144 Å². The minimum atomic E-state index is -0.978. The first-order chi connectivity index (χ1) is 27.7. The van der Waals surface area contributed by atoms with Gasteiger partial charge in [-0.2, -0.15) is 0 Å². The second-order valence-corrected chi connectivity index (χ2v) is 15.9. The molecule has 4 aliphatic heterocycles. The lowest BCUT2D eigenvalue weighted by molar-refractivity contribution is -0.345. The Bertz CT molecular complexity index is 1810. The fourth-order valence-corrected chi connectivity index (χ4v) is 7.85. The molecule has 0 spiro atoms. The van der Waals surface area contributed by atoms with Gasteiger partial charge in [0.05, 0.1) is 39.6 Å². The molecule has 4 heterocycles. The molecule has 8 rings (SSSR count). The molecule has 0 bridgehead atoms. The van der Waals surface area contributed by atoms with Crippen LogP contribution in [-0.2, 0) is 78.5 Å². The van der Waals surface area contributed by atoms with Crippen LogP contribution >= 0.6 is 0 Å². The fraction of sp³-hybridized carbons (Fsp3) is 0.478. The SMILES string of the molecule is CC1(C)O[C@H]2O[C@H]([C@H]3COC(C)(C)O3)[C@H](O[C@@H]3O[C@H](COCc4ccccc4)[C@@H](OCc4ccccc4)[C@H](OCc4ccccc4)[C@H]3OCc3ccccc3)[C@H]2O1. The molecule has 0 aromatic heterocycles. The number of fused-ring (bicyclic) bond motifs is 1. The van der Waals surface area contributed by atoms with Crippen LogP contribution in [0.15, 0.2) is 121 Å². The molecular weight excluding hydrogens is 728 g/mol. The minimum Gasteiger partial charge on any atom is -0.374 e. The van der Waals surface area contributed by atoms with Gasteiger partial charge in [0.2, 0.25) is 0 Å². The largest absolute Gasteiger partial charge is 0.374 e. The van der Waals surface area contributed by atoms with Crippen LogP contribution in [0.25, 0.3) is 0 Å². The highest BCUT2D eigenvalue weighted by Gasteiger charge is 2.61. The zero-order valence-corrected chi connectivity index (χ0v) is 33.1. The van der Waals surface area contributed by atoms with Crippen LogP contribution in [0.1, 0.15) is 49.9 Å². The maximum atomic E-state index is 7.14. The van der Waals surface area contributed by atoms with E-state index in [-0.39, 0.29) is 13.2 Å². The smallest absolute Gasteiger partial charge is 0.190 e. The monoisotopic (exact) mass is 782 g/mol. The average Bonchev–Trinajstić information content (AvgIpc) is 3.85. The molecule has 11 nitrogen and oxygen atoms in total. The van der Waals surface area contributed by atoms with Crippen molar-refractivity contribution in [2.45, 2.75) is 127 Å². The Morgan fingerprint density at radius 3 is 1.54 bits per heavy atom. The van der Waals surface area contributed by atoms with Crippen molar-refractivity contribution >= 4 is 0 Å². The summed E-state index contributed by atoms with van der Waals surface area (Å²) in [6, 6.07) is 40.2. The van der Waals surface area contributed by atoms with Gasteiger partial charge in [0.1, 0.15) is 48.8 Å². The highest BCUT2D eigenvalue weighted by atomic mass is 16.9. The summed E-state index contributed by atoms with van der Waals surface area (Å²) in [4.78, 5) is 0. The molecule has 0 amide bonds. The van der Waals surface area contributed by atoms with Crippen molar-refractivity contribution in [2.24, 2.45) is 0 Å². The van der Waals surface area contributed by atoms with Gasteiger partial charge in [-0.3, -0.25) is 0 Å². The lowest BCUT2D eigenvalue weighted by Gasteiger charge is -2.47. The van der Waals surface area contributed by atoms with Gasteiger partial charge in [-0.25, -0.2) is 0 Å². The first-order valence-electron chi connectivity index (χ1n) is 19.9. The molecule has 10 atom stereocenters. The van der Waals surface area contributed by atoms with E-state index in [0.29, 0.717) is 26.4 Å². The summed E-state index contributed by atoms with van der Waals surface area (Å²) in [7, 11) is 0. The maximum Gasteiger partial charge on any atom is 0.190 e. The van der Waals surface area contributed by atoms with Gasteiger partial charge in [0.25, 0.3) is 0 Å². The van der Waals surface area contributed by atoms with Crippen LogP contribution in [0.5, 0.6) is 0 Å². The maximum absolute atomic E-state index is 7.14. The Morgan fingerprint density at radius 2 is 1.02 bits per heavy atom. The zero-order chi connectivity index (χ0) is 39.2. The number of ether oxygens (including phenoxy) is 11. The normalized spacial score (nSPS) is 31.6. The predicted molar refractivity (Wildman–Crippen MR) is 208 cm³/mol. The summed E-state index contributed by atoms with van der Waals surface area (Å²) in [5.41, 5.74) is 4.06. The molecule has 4 aromatic carbocycles. The van der Waals surface area contributed by atoms with E-state index in [1.165, 1.54) is 0 Å².